The standard InChI is InChI=1S/C14H10FN3O2S/c15-9-3-5-10(6-4-9)21-8-12-17-14(20-18-12)13-11(19)2-1-7-16-13/h1-7,19H,8H2. The van der Waals surface area contributed by atoms with Gasteiger partial charge < -0.3 is 9.63 Å². The molecule has 5 nitrogen and oxygen atoms in total. The number of halogens is 1. The Morgan fingerprint density at radius 2 is 2.00 bits per heavy atom. The number of nitrogens with zero attached hydrogens (tertiary/aromatic N) is 3. The summed E-state index contributed by atoms with van der Waals surface area (Å²) in [4.78, 5) is 9.08. The van der Waals surface area contributed by atoms with Crippen LogP contribution in [0.3, 0.4) is 0 Å². The topological polar surface area (TPSA) is 72.0 Å². The smallest absolute Gasteiger partial charge is 0.280 e. The molecule has 0 saturated carbocycles. The minimum Gasteiger partial charge on any atom is -0.505 e. The van der Waals surface area contributed by atoms with Crippen LogP contribution in [0, 0.1) is 5.82 Å². The second kappa shape index (κ2) is 5.92. The van der Waals surface area contributed by atoms with E-state index in [9.17, 15) is 9.50 Å². The second-order valence-electron chi connectivity index (χ2n) is 4.13. The van der Waals surface area contributed by atoms with Crippen LogP contribution in [0.1, 0.15) is 5.82 Å². The molecule has 0 aliphatic heterocycles. The summed E-state index contributed by atoms with van der Waals surface area (Å²) in [7, 11) is 0. The minimum atomic E-state index is -0.271. The zero-order chi connectivity index (χ0) is 14.7. The van der Waals surface area contributed by atoms with E-state index in [1.165, 1.54) is 36.2 Å². The molecule has 0 aliphatic rings. The molecule has 0 bridgehead atoms. The van der Waals surface area contributed by atoms with E-state index in [0.717, 1.165) is 4.90 Å². The molecule has 106 valence electrons. The van der Waals surface area contributed by atoms with Gasteiger partial charge in [0, 0.05) is 11.1 Å². The van der Waals surface area contributed by atoms with E-state index in [-0.39, 0.29) is 23.2 Å². The lowest BCUT2D eigenvalue weighted by Gasteiger charge is -1.97. The Morgan fingerprint density at radius 1 is 1.19 bits per heavy atom. The van der Waals surface area contributed by atoms with Crippen molar-refractivity contribution in [1.29, 1.82) is 0 Å². The van der Waals surface area contributed by atoms with Crippen molar-refractivity contribution in [3.8, 4) is 17.3 Å². The van der Waals surface area contributed by atoms with Gasteiger partial charge in [-0.3, -0.25) is 0 Å². The molecule has 7 heteroatoms. The van der Waals surface area contributed by atoms with Gasteiger partial charge in [0.2, 0.25) is 0 Å². The van der Waals surface area contributed by atoms with Crippen LogP contribution in [0.25, 0.3) is 11.6 Å². The van der Waals surface area contributed by atoms with E-state index in [4.69, 9.17) is 4.52 Å². The van der Waals surface area contributed by atoms with Gasteiger partial charge in [-0.1, -0.05) is 5.16 Å². The number of hydrogen-bond donors (Lipinski definition) is 1. The Bertz CT molecular complexity index is 746. The first-order chi connectivity index (χ1) is 10.2. The maximum atomic E-state index is 12.8. The van der Waals surface area contributed by atoms with Crippen molar-refractivity contribution in [1.82, 2.24) is 15.1 Å². The van der Waals surface area contributed by atoms with Crippen molar-refractivity contribution < 1.29 is 14.0 Å². The molecule has 21 heavy (non-hydrogen) atoms. The van der Waals surface area contributed by atoms with Crippen LogP contribution in [0.4, 0.5) is 4.39 Å². The highest BCUT2D eigenvalue weighted by Crippen LogP contribution is 2.26. The van der Waals surface area contributed by atoms with E-state index >= 15 is 0 Å². The maximum absolute atomic E-state index is 12.8. The molecule has 1 N–H and O–H groups in total. The Morgan fingerprint density at radius 3 is 2.76 bits per heavy atom. The Hall–Kier alpha value is -2.41. The molecule has 0 unspecified atom stereocenters. The van der Waals surface area contributed by atoms with Gasteiger partial charge in [0.1, 0.15) is 11.6 Å². The number of hydrogen-bond acceptors (Lipinski definition) is 6. The number of rotatable bonds is 4. The Kier molecular flexibility index (Phi) is 3.83. The van der Waals surface area contributed by atoms with Gasteiger partial charge in [-0.2, -0.15) is 4.98 Å². The summed E-state index contributed by atoms with van der Waals surface area (Å²) in [6.45, 7) is 0. The first-order valence-corrected chi connectivity index (χ1v) is 7.06. The van der Waals surface area contributed by atoms with Gasteiger partial charge in [-0.15, -0.1) is 11.8 Å². The highest BCUT2D eigenvalue weighted by molar-refractivity contribution is 7.98. The number of aromatic hydroxyl groups is 1. The van der Waals surface area contributed by atoms with Gasteiger partial charge in [-0.05, 0) is 36.4 Å². The molecule has 0 fully saturated rings. The van der Waals surface area contributed by atoms with Gasteiger partial charge in [0.05, 0.1) is 5.75 Å². The highest BCUT2D eigenvalue weighted by Gasteiger charge is 2.13. The van der Waals surface area contributed by atoms with E-state index in [0.29, 0.717) is 11.6 Å². The fraction of sp³-hybridized carbons (Fsp3) is 0.0714. The summed E-state index contributed by atoms with van der Waals surface area (Å²) >= 11 is 1.46. The van der Waals surface area contributed by atoms with Crippen LogP contribution in [0.2, 0.25) is 0 Å². The summed E-state index contributed by atoms with van der Waals surface area (Å²) in [5.41, 5.74) is 0.253. The van der Waals surface area contributed by atoms with Gasteiger partial charge in [0.25, 0.3) is 5.89 Å². The van der Waals surface area contributed by atoms with Crippen molar-refractivity contribution >= 4 is 11.8 Å². The molecule has 0 amide bonds. The lowest BCUT2D eigenvalue weighted by molar-refractivity contribution is 0.417. The van der Waals surface area contributed by atoms with Crippen LogP contribution in [0.5, 0.6) is 5.75 Å². The van der Waals surface area contributed by atoms with Crippen molar-refractivity contribution in [3.63, 3.8) is 0 Å². The Labute approximate surface area is 123 Å². The third kappa shape index (κ3) is 3.19. The SMILES string of the molecule is Oc1cccnc1-c1nc(CSc2ccc(F)cc2)no1. The van der Waals surface area contributed by atoms with Crippen LogP contribution < -0.4 is 0 Å². The normalized spacial score (nSPS) is 10.7. The number of aromatic nitrogens is 3. The molecule has 2 heterocycles. The summed E-state index contributed by atoms with van der Waals surface area (Å²) in [6, 6.07) is 9.28. The summed E-state index contributed by atoms with van der Waals surface area (Å²) in [5, 5.41) is 13.5. The third-order valence-corrected chi connectivity index (χ3v) is 3.65. The molecular formula is C14H10FN3O2S. The molecule has 1 aromatic carbocycles. The van der Waals surface area contributed by atoms with Gasteiger partial charge in [0.15, 0.2) is 11.5 Å². The molecule has 3 rings (SSSR count). The lowest BCUT2D eigenvalue weighted by atomic mass is 10.3. The molecule has 2 aromatic heterocycles. The molecule has 3 aromatic rings. The fourth-order valence-electron chi connectivity index (χ4n) is 1.65. The number of pyridine rings is 1. The average Bonchev–Trinajstić information content (AvgIpc) is 2.96. The molecule has 0 spiro atoms. The van der Waals surface area contributed by atoms with E-state index in [1.54, 1.807) is 18.2 Å². The molecule has 0 atom stereocenters. The van der Waals surface area contributed by atoms with E-state index in [2.05, 4.69) is 15.1 Å². The lowest BCUT2D eigenvalue weighted by Crippen LogP contribution is -1.86. The summed E-state index contributed by atoms with van der Waals surface area (Å²) < 4.78 is 17.9. The second-order valence-corrected chi connectivity index (χ2v) is 5.18. The molecular weight excluding hydrogens is 293 g/mol. The third-order valence-electron chi connectivity index (χ3n) is 2.64. The average molecular weight is 303 g/mol. The zero-order valence-electron chi connectivity index (χ0n) is 10.7. The number of benzene rings is 1. The van der Waals surface area contributed by atoms with Crippen molar-refractivity contribution in [2.45, 2.75) is 10.6 Å². The van der Waals surface area contributed by atoms with E-state index in [1.807, 2.05) is 0 Å². The van der Waals surface area contributed by atoms with Gasteiger partial charge in [-0.25, -0.2) is 9.37 Å². The van der Waals surface area contributed by atoms with Crippen LogP contribution >= 0.6 is 11.8 Å². The fourth-order valence-corrected chi connectivity index (χ4v) is 2.39. The zero-order valence-corrected chi connectivity index (χ0v) is 11.5. The highest BCUT2D eigenvalue weighted by atomic mass is 32.2. The van der Waals surface area contributed by atoms with E-state index < -0.39 is 0 Å². The Balaban J connectivity index is 1.71. The van der Waals surface area contributed by atoms with Crippen LogP contribution in [-0.2, 0) is 5.75 Å². The number of thioether (sulfide) groups is 1. The summed E-state index contributed by atoms with van der Waals surface area (Å²) in [6.07, 6.45) is 1.53. The molecule has 0 aliphatic carbocycles. The largest absolute Gasteiger partial charge is 0.505 e. The monoisotopic (exact) mass is 303 g/mol. The molecule has 0 radical (unpaired) electrons. The predicted molar refractivity (Wildman–Crippen MR) is 75.2 cm³/mol. The van der Waals surface area contributed by atoms with Crippen LogP contribution in [-0.4, -0.2) is 20.2 Å². The van der Waals surface area contributed by atoms with Crippen LogP contribution in [0.15, 0.2) is 52.0 Å². The van der Waals surface area contributed by atoms with Crippen molar-refractivity contribution in [2.24, 2.45) is 0 Å². The first kappa shape index (κ1) is 13.6. The van der Waals surface area contributed by atoms with Gasteiger partial charge >= 0.3 is 0 Å². The predicted octanol–water partition coefficient (Wildman–Crippen LogP) is 3.27. The van der Waals surface area contributed by atoms with Crippen molar-refractivity contribution in [3.05, 3.63) is 54.2 Å². The summed E-state index contributed by atoms with van der Waals surface area (Å²) in [5.74, 6) is 0.834. The first-order valence-electron chi connectivity index (χ1n) is 6.07. The minimum absolute atomic E-state index is 0.0149. The molecule has 0 saturated heterocycles. The quantitative estimate of drug-likeness (QED) is 0.746. The maximum Gasteiger partial charge on any atom is 0.280 e. The van der Waals surface area contributed by atoms with Crippen molar-refractivity contribution in [2.75, 3.05) is 0 Å².